The van der Waals surface area contributed by atoms with Crippen LogP contribution in [0.1, 0.15) is 31.5 Å². The van der Waals surface area contributed by atoms with E-state index in [4.69, 9.17) is 0 Å². The number of piperidine rings is 1. The van der Waals surface area contributed by atoms with Gasteiger partial charge in [0, 0.05) is 25.9 Å². The minimum Gasteiger partial charge on any atom is -0.356 e. The summed E-state index contributed by atoms with van der Waals surface area (Å²) in [6.07, 6.45) is 4.53. The minimum atomic E-state index is -0.312. The van der Waals surface area contributed by atoms with Gasteiger partial charge in [0.25, 0.3) is 0 Å². The number of likely N-dealkylation sites (tertiary alicyclic amines) is 1. The van der Waals surface area contributed by atoms with Crippen molar-refractivity contribution in [1.29, 1.82) is 0 Å². The van der Waals surface area contributed by atoms with Gasteiger partial charge in [-0.3, -0.25) is 9.78 Å². The largest absolute Gasteiger partial charge is 0.356 e. The van der Waals surface area contributed by atoms with E-state index >= 15 is 0 Å². The lowest BCUT2D eigenvalue weighted by atomic mass is 9.93. The molecule has 1 amide bonds. The molecule has 2 rings (SSSR count). The maximum Gasteiger partial charge on any atom is 0.340 e. The highest BCUT2D eigenvalue weighted by molar-refractivity contribution is 5.75. The molecule has 7 nitrogen and oxygen atoms in total. The van der Waals surface area contributed by atoms with Gasteiger partial charge >= 0.3 is 5.69 Å². The standard InChI is InChI=1S/C13H23N5O2/c1-18-8-2-3-10(9-18)4-5-12(19)14-7-6-11-15-13(20)17-16-11/h10H,2-9H2,1H3,(H,14,19)(H2,15,16,17,20). The van der Waals surface area contributed by atoms with Crippen LogP contribution in [0.4, 0.5) is 0 Å². The molecule has 7 heteroatoms. The predicted octanol–water partition coefficient (Wildman–Crippen LogP) is -0.121. The van der Waals surface area contributed by atoms with Crippen LogP contribution in [-0.2, 0) is 11.2 Å². The third kappa shape index (κ3) is 4.80. The Kier molecular flexibility index (Phi) is 5.34. The summed E-state index contributed by atoms with van der Waals surface area (Å²) in [5, 5.41) is 8.95. The Morgan fingerprint density at radius 2 is 2.40 bits per heavy atom. The first-order valence-electron chi connectivity index (χ1n) is 7.22. The van der Waals surface area contributed by atoms with Crippen molar-refractivity contribution in [1.82, 2.24) is 25.4 Å². The summed E-state index contributed by atoms with van der Waals surface area (Å²) in [5.41, 5.74) is -0.312. The molecule has 1 aromatic heterocycles. The Balaban J connectivity index is 1.59. The van der Waals surface area contributed by atoms with Gasteiger partial charge < -0.3 is 10.2 Å². The molecule has 1 saturated heterocycles. The highest BCUT2D eigenvalue weighted by Crippen LogP contribution is 2.19. The summed E-state index contributed by atoms with van der Waals surface area (Å²) >= 11 is 0. The van der Waals surface area contributed by atoms with Crippen LogP contribution in [0.5, 0.6) is 0 Å². The summed E-state index contributed by atoms with van der Waals surface area (Å²) in [6, 6.07) is 0. The molecule has 112 valence electrons. The van der Waals surface area contributed by atoms with Gasteiger partial charge in [0.1, 0.15) is 5.82 Å². The Bertz CT molecular complexity index is 481. The van der Waals surface area contributed by atoms with Crippen LogP contribution in [-0.4, -0.2) is 52.7 Å². The van der Waals surface area contributed by atoms with Crippen LogP contribution >= 0.6 is 0 Å². The smallest absolute Gasteiger partial charge is 0.340 e. The van der Waals surface area contributed by atoms with Gasteiger partial charge in [-0.1, -0.05) is 0 Å². The molecule has 20 heavy (non-hydrogen) atoms. The number of amides is 1. The summed E-state index contributed by atoms with van der Waals surface area (Å²) in [4.78, 5) is 27.5. The lowest BCUT2D eigenvalue weighted by molar-refractivity contribution is -0.121. The molecule has 0 saturated carbocycles. The van der Waals surface area contributed by atoms with Crippen molar-refractivity contribution < 1.29 is 4.79 Å². The van der Waals surface area contributed by atoms with Gasteiger partial charge in [0.2, 0.25) is 5.91 Å². The Morgan fingerprint density at radius 1 is 1.55 bits per heavy atom. The molecular formula is C13H23N5O2. The van der Waals surface area contributed by atoms with Gasteiger partial charge in [-0.05, 0) is 38.8 Å². The van der Waals surface area contributed by atoms with E-state index in [9.17, 15) is 9.59 Å². The SMILES string of the molecule is CN1CCCC(CCC(=O)NCCc2n[nH]c(=O)[nH]2)C1. The molecule has 1 aromatic rings. The van der Waals surface area contributed by atoms with Crippen molar-refractivity contribution in [3.63, 3.8) is 0 Å². The number of nitrogens with zero attached hydrogens (tertiary/aromatic N) is 2. The van der Waals surface area contributed by atoms with Crippen LogP contribution in [0.15, 0.2) is 4.79 Å². The van der Waals surface area contributed by atoms with Crippen molar-refractivity contribution in [2.24, 2.45) is 5.92 Å². The second kappa shape index (κ2) is 7.23. The fourth-order valence-electron chi connectivity index (χ4n) is 2.68. The van der Waals surface area contributed by atoms with E-state index in [1.165, 1.54) is 19.4 Å². The first-order chi connectivity index (χ1) is 9.63. The first-order valence-corrected chi connectivity index (χ1v) is 7.22. The number of aromatic amines is 2. The van der Waals surface area contributed by atoms with Crippen molar-refractivity contribution in [2.75, 3.05) is 26.7 Å². The summed E-state index contributed by atoms with van der Waals surface area (Å²) in [6.45, 7) is 2.77. The fourth-order valence-corrected chi connectivity index (χ4v) is 2.68. The fraction of sp³-hybridized carbons (Fsp3) is 0.769. The maximum absolute atomic E-state index is 11.7. The van der Waals surface area contributed by atoms with Gasteiger partial charge in [-0.2, -0.15) is 5.10 Å². The topological polar surface area (TPSA) is 93.9 Å². The average molecular weight is 281 g/mol. The van der Waals surface area contributed by atoms with E-state index in [1.807, 2.05) is 0 Å². The molecule has 1 atom stereocenters. The Hall–Kier alpha value is -1.63. The van der Waals surface area contributed by atoms with E-state index in [1.54, 1.807) is 0 Å². The number of aromatic nitrogens is 3. The highest BCUT2D eigenvalue weighted by atomic mass is 16.2. The Labute approximate surface area is 118 Å². The zero-order valence-electron chi connectivity index (χ0n) is 11.9. The monoisotopic (exact) mass is 281 g/mol. The van der Waals surface area contributed by atoms with E-state index in [0.717, 1.165) is 13.0 Å². The molecular weight excluding hydrogens is 258 g/mol. The molecule has 1 aliphatic heterocycles. The average Bonchev–Trinajstić information content (AvgIpc) is 2.82. The van der Waals surface area contributed by atoms with Crippen LogP contribution < -0.4 is 11.0 Å². The first kappa shape index (κ1) is 14.8. The van der Waals surface area contributed by atoms with E-state index < -0.39 is 0 Å². The van der Waals surface area contributed by atoms with E-state index in [-0.39, 0.29) is 11.6 Å². The number of nitrogens with one attached hydrogen (secondary N) is 3. The van der Waals surface area contributed by atoms with Gasteiger partial charge in [-0.25, -0.2) is 9.89 Å². The number of hydrogen-bond donors (Lipinski definition) is 3. The molecule has 3 N–H and O–H groups in total. The summed E-state index contributed by atoms with van der Waals surface area (Å²) in [5.74, 6) is 1.29. The third-order valence-corrected chi connectivity index (χ3v) is 3.74. The lowest BCUT2D eigenvalue weighted by Crippen LogP contribution is -2.33. The second-order valence-corrected chi connectivity index (χ2v) is 5.53. The number of H-pyrrole nitrogens is 2. The molecule has 2 heterocycles. The molecule has 0 bridgehead atoms. The van der Waals surface area contributed by atoms with Gasteiger partial charge in [-0.15, -0.1) is 0 Å². The van der Waals surface area contributed by atoms with Crippen molar-refractivity contribution >= 4 is 5.91 Å². The highest BCUT2D eigenvalue weighted by Gasteiger charge is 2.17. The van der Waals surface area contributed by atoms with E-state index in [0.29, 0.717) is 31.1 Å². The molecule has 0 aromatic carbocycles. The summed E-state index contributed by atoms with van der Waals surface area (Å²) in [7, 11) is 2.14. The minimum absolute atomic E-state index is 0.0797. The zero-order chi connectivity index (χ0) is 14.4. The number of carbonyl (C=O) groups excluding carboxylic acids is 1. The Morgan fingerprint density at radius 3 is 3.10 bits per heavy atom. The van der Waals surface area contributed by atoms with E-state index in [2.05, 4.69) is 32.4 Å². The lowest BCUT2D eigenvalue weighted by Gasteiger charge is -2.29. The molecule has 0 spiro atoms. The van der Waals surface area contributed by atoms with Crippen LogP contribution in [0.2, 0.25) is 0 Å². The predicted molar refractivity (Wildman–Crippen MR) is 75.4 cm³/mol. The zero-order valence-corrected chi connectivity index (χ0v) is 11.9. The second-order valence-electron chi connectivity index (χ2n) is 5.53. The number of rotatable bonds is 6. The quantitative estimate of drug-likeness (QED) is 0.677. The van der Waals surface area contributed by atoms with Crippen LogP contribution in [0.3, 0.4) is 0 Å². The molecule has 1 unspecified atom stereocenters. The normalized spacial score (nSPS) is 19.9. The third-order valence-electron chi connectivity index (χ3n) is 3.74. The molecule has 1 fully saturated rings. The van der Waals surface area contributed by atoms with Gasteiger partial charge in [0.05, 0.1) is 0 Å². The van der Waals surface area contributed by atoms with Crippen LogP contribution in [0.25, 0.3) is 0 Å². The van der Waals surface area contributed by atoms with Crippen LogP contribution in [0, 0.1) is 5.92 Å². The summed E-state index contributed by atoms with van der Waals surface area (Å²) < 4.78 is 0. The number of hydrogen-bond acceptors (Lipinski definition) is 4. The van der Waals surface area contributed by atoms with Crippen molar-refractivity contribution in [3.8, 4) is 0 Å². The van der Waals surface area contributed by atoms with Crippen molar-refractivity contribution in [3.05, 3.63) is 16.3 Å². The molecule has 0 radical (unpaired) electrons. The van der Waals surface area contributed by atoms with Gasteiger partial charge in [0.15, 0.2) is 0 Å². The maximum atomic E-state index is 11.7. The molecule has 1 aliphatic rings. The molecule has 0 aliphatic carbocycles. The van der Waals surface area contributed by atoms with Crippen molar-refractivity contribution in [2.45, 2.75) is 32.1 Å². The number of carbonyl (C=O) groups is 1.